The van der Waals surface area contributed by atoms with Gasteiger partial charge in [0.2, 0.25) is 0 Å². The standard InChI is InChI=1S/C23H29N3O3/c1-16(2)15-24-22(27)17-9-11-18(12-10-17)25-21-19-7-4-5-8-20(19)23(28)26(21)13-6-14-29-3/h4-5,7-12,16,21,25H,6,13-15H2,1-3H3,(H,24,27). The lowest BCUT2D eigenvalue weighted by Gasteiger charge is -2.27. The summed E-state index contributed by atoms with van der Waals surface area (Å²) < 4.78 is 5.14. The second kappa shape index (κ2) is 9.56. The maximum atomic E-state index is 12.9. The van der Waals surface area contributed by atoms with Crippen LogP contribution in [0.1, 0.15) is 52.7 Å². The summed E-state index contributed by atoms with van der Waals surface area (Å²) in [5.41, 5.74) is 3.17. The molecule has 2 N–H and O–H groups in total. The van der Waals surface area contributed by atoms with E-state index < -0.39 is 0 Å². The largest absolute Gasteiger partial charge is 0.385 e. The molecule has 0 aromatic heterocycles. The third kappa shape index (κ3) is 4.95. The van der Waals surface area contributed by atoms with Gasteiger partial charge in [0.15, 0.2) is 0 Å². The van der Waals surface area contributed by atoms with Crippen molar-refractivity contribution >= 4 is 17.5 Å². The van der Waals surface area contributed by atoms with E-state index in [-0.39, 0.29) is 18.0 Å². The van der Waals surface area contributed by atoms with Gasteiger partial charge in [0.05, 0.1) is 0 Å². The van der Waals surface area contributed by atoms with Gasteiger partial charge < -0.3 is 20.3 Å². The van der Waals surface area contributed by atoms with Crippen LogP contribution < -0.4 is 10.6 Å². The van der Waals surface area contributed by atoms with Crippen LogP contribution in [0.2, 0.25) is 0 Å². The van der Waals surface area contributed by atoms with Crippen LogP contribution in [0, 0.1) is 5.92 Å². The van der Waals surface area contributed by atoms with Crippen molar-refractivity contribution in [3.05, 3.63) is 65.2 Å². The van der Waals surface area contributed by atoms with Gasteiger partial charge in [0.1, 0.15) is 6.17 Å². The van der Waals surface area contributed by atoms with Gasteiger partial charge >= 0.3 is 0 Å². The number of hydrogen-bond acceptors (Lipinski definition) is 4. The number of ether oxygens (including phenoxy) is 1. The number of nitrogens with one attached hydrogen (secondary N) is 2. The van der Waals surface area contributed by atoms with Crippen molar-refractivity contribution in [3.8, 4) is 0 Å². The lowest BCUT2D eigenvalue weighted by Crippen LogP contribution is -2.33. The minimum Gasteiger partial charge on any atom is -0.385 e. The summed E-state index contributed by atoms with van der Waals surface area (Å²) in [6.45, 7) is 5.98. The summed E-state index contributed by atoms with van der Waals surface area (Å²) in [6.07, 6.45) is 0.528. The third-order valence-electron chi connectivity index (χ3n) is 4.93. The smallest absolute Gasteiger partial charge is 0.256 e. The van der Waals surface area contributed by atoms with Gasteiger partial charge in [0.25, 0.3) is 11.8 Å². The Morgan fingerprint density at radius 3 is 2.55 bits per heavy atom. The zero-order valence-corrected chi connectivity index (χ0v) is 17.3. The quantitative estimate of drug-likeness (QED) is 0.636. The molecule has 6 heteroatoms. The molecular weight excluding hydrogens is 366 g/mol. The van der Waals surface area contributed by atoms with Crippen LogP contribution in [0.25, 0.3) is 0 Å². The van der Waals surface area contributed by atoms with Crippen LogP contribution in [0.15, 0.2) is 48.5 Å². The predicted molar refractivity (Wildman–Crippen MR) is 114 cm³/mol. The van der Waals surface area contributed by atoms with Crippen molar-refractivity contribution in [2.75, 3.05) is 32.1 Å². The Kier molecular flexibility index (Phi) is 6.88. The Labute approximate surface area is 172 Å². The molecule has 1 aliphatic rings. The summed E-state index contributed by atoms with van der Waals surface area (Å²) in [4.78, 5) is 26.9. The molecule has 2 aromatic rings. The number of amides is 2. The maximum absolute atomic E-state index is 12.9. The molecule has 6 nitrogen and oxygen atoms in total. The molecule has 0 radical (unpaired) electrons. The second-order valence-electron chi connectivity index (χ2n) is 7.66. The molecule has 0 fully saturated rings. The highest BCUT2D eigenvalue weighted by atomic mass is 16.5. The van der Waals surface area contributed by atoms with Gasteiger partial charge in [-0.1, -0.05) is 32.0 Å². The SMILES string of the molecule is COCCCN1C(=O)c2ccccc2C1Nc1ccc(C(=O)NCC(C)C)cc1. The van der Waals surface area contributed by atoms with Crippen LogP contribution in [-0.2, 0) is 4.74 Å². The summed E-state index contributed by atoms with van der Waals surface area (Å²) in [6, 6.07) is 15.0. The molecule has 0 saturated heterocycles. The van der Waals surface area contributed by atoms with Crippen molar-refractivity contribution in [3.63, 3.8) is 0 Å². The summed E-state index contributed by atoms with van der Waals surface area (Å²) in [5.74, 6) is 0.357. The van der Waals surface area contributed by atoms with Crippen LogP contribution in [0.5, 0.6) is 0 Å². The molecule has 1 unspecified atom stereocenters. The summed E-state index contributed by atoms with van der Waals surface area (Å²) in [7, 11) is 1.66. The van der Waals surface area contributed by atoms with Gasteiger partial charge in [-0.2, -0.15) is 0 Å². The lowest BCUT2D eigenvalue weighted by atomic mass is 10.1. The number of carbonyl (C=O) groups excluding carboxylic acids is 2. The van der Waals surface area contributed by atoms with E-state index >= 15 is 0 Å². The Bertz CT molecular complexity index is 849. The lowest BCUT2D eigenvalue weighted by molar-refractivity contribution is 0.0721. The van der Waals surface area contributed by atoms with Crippen molar-refractivity contribution in [1.29, 1.82) is 0 Å². The molecule has 0 saturated carbocycles. The maximum Gasteiger partial charge on any atom is 0.256 e. The first kappa shape index (κ1) is 20.9. The van der Waals surface area contributed by atoms with E-state index in [1.54, 1.807) is 19.2 Å². The molecule has 2 aromatic carbocycles. The van der Waals surface area contributed by atoms with Crippen molar-refractivity contribution in [2.45, 2.75) is 26.4 Å². The molecule has 1 heterocycles. The zero-order chi connectivity index (χ0) is 20.8. The Morgan fingerprint density at radius 1 is 1.14 bits per heavy atom. The van der Waals surface area contributed by atoms with Gasteiger partial charge in [-0.25, -0.2) is 0 Å². The zero-order valence-electron chi connectivity index (χ0n) is 17.3. The van der Waals surface area contributed by atoms with Gasteiger partial charge in [0, 0.05) is 49.2 Å². The molecule has 3 rings (SSSR count). The topological polar surface area (TPSA) is 70.7 Å². The number of hydrogen-bond donors (Lipinski definition) is 2. The highest BCUT2D eigenvalue weighted by Crippen LogP contribution is 2.34. The molecular formula is C23H29N3O3. The average molecular weight is 396 g/mol. The Balaban J connectivity index is 1.74. The molecule has 154 valence electrons. The number of anilines is 1. The molecule has 2 amide bonds. The third-order valence-corrected chi connectivity index (χ3v) is 4.93. The molecule has 0 bridgehead atoms. The van der Waals surface area contributed by atoms with E-state index in [1.165, 1.54) is 0 Å². The van der Waals surface area contributed by atoms with Crippen LogP contribution in [0.3, 0.4) is 0 Å². The van der Waals surface area contributed by atoms with E-state index in [1.807, 2.05) is 41.3 Å². The van der Waals surface area contributed by atoms with E-state index in [4.69, 9.17) is 4.74 Å². The van der Waals surface area contributed by atoms with Crippen LogP contribution >= 0.6 is 0 Å². The summed E-state index contributed by atoms with van der Waals surface area (Å²) in [5, 5.41) is 6.37. The Morgan fingerprint density at radius 2 is 1.86 bits per heavy atom. The van der Waals surface area contributed by atoms with E-state index in [0.29, 0.717) is 31.2 Å². The highest BCUT2D eigenvalue weighted by Gasteiger charge is 2.35. The van der Waals surface area contributed by atoms with E-state index in [2.05, 4.69) is 24.5 Å². The first-order valence-electron chi connectivity index (χ1n) is 10.0. The number of benzene rings is 2. The normalized spacial score (nSPS) is 15.5. The van der Waals surface area contributed by atoms with Crippen molar-refractivity contribution in [1.82, 2.24) is 10.2 Å². The fourth-order valence-corrected chi connectivity index (χ4v) is 3.41. The fourth-order valence-electron chi connectivity index (χ4n) is 3.41. The number of rotatable bonds is 9. The summed E-state index contributed by atoms with van der Waals surface area (Å²) >= 11 is 0. The van der Waals surface area contributed by atoms with E-state index in [0.717, 1.165) is 23.2 Å². The Hall–Kier alpha value is -2.86. The fraction of sp³-hybridized carbons (Fsp3) is 0.391. The molecule has 29 heavy (non-hydrogen) atoms. The molecule has 1 atom stereocenters. The average Bonchev–Trinajstić information content (AvgIpc) is 2.99. The number of methoxy groups -OCH3 is 1. The highest BCUT2D eigenvalue weighted by molar-refractivity contribution is 5.99. The van der Waals surface area contributed by atoms with Gasteiger partial charge in [-0.05, 0) is 42.7 Å². The van der Waals surface area contributed by atoms with Crippen LogP contribution in [-0.4, -0.2) is 43.5 Å². The van der Waals surface area contributed by atoms with Gasteiger partial charge in [-0.3, -0.25) is 9.59 Å². The minimum atomic E-state index is -0.240. The molecule has 0 aliphatic carbocycles. The second-order valence-corrected chi connectivity index (χ2v) is 7.66. The first-order valence-corrected chi connectivity index (χ1v) is 10.0. The monoisotopic (exact) mass is 395 g/mol. The van der Waals surface area contributed by atoms with Crippen molar-refractivity contribution in [2.24, 2.45) is 5.92 Å². The van der Waals surface area contributed by atoms with E-state index in [9.17, 15) is 9.59 Å². The number of carbonyl (C=O) groups is 2. The van der Waals surface area contributed by atoms with Gasteiger partial charge in [-0.15, -0.1) is 0 Å². The van der Waals surface area contributed by atoms with Crippen molar-refractivity contribution < 1.29 is 14.3 Å². The minimum absolute atomic E-state index is 0.0267. The molecule has 1 aliphatic heterocycles. The van der Waals surface area contributed by atoms with Crippen LogP contribution in [0.4, 0.5) is 5.69 Å². The molecule has 0 spiro atoms. The number of fused-ring (bicyclic) bond motifs is 1. The first-order chi connectivity index (χ1) is 14.0. The number of nitrogens with zero attached hydrogens (tertiary/aromatic N) is 1. The predicted octanol–water partition coefficient (Wildman–Crippen LogP) is 3.68.